The number of rotatable bonds is 4. The molecule has 0 saturated carbocycles. The van der Waals surface area contributed by atoms with Gasteiger partial charge in [0.25, 0.3) is 5.91 Å². The van der Waals surface area contributed by atoms with Crippen molar-refractivity contribution in [2.45, 2.75) is 25.7 Å². The maximum atomic E-state index is 12.7. The van der Waals surface area contributed by atoms with Gasteiger partial charge in [-0.2, -0.15) is 0 Å². The number of benzene rings is 1. The van der Waals surface area contributed by atoms with E-state index in [0.717, 1.165) is 42.9 Å². The standard InChI is InChI=1S/C23H25N5O2/c1-16(29)28-12-10-17(11-13-28)20-9-8-19(14-24-20)22(30)26-23-25-15-21(27(23)2)18-6-4-3-5-7-18/h3-9,14-15,17H,10-13H2,1-2H3,(H,25,26,30). The van der Waals surface area contributed by atoms with Crippen LogP contribution in [0.4, 0.5) is 5.95 Å². The number of aromatic nitrogens is 3. The molecule has 3 aromatic rings. The van der Waals surface area contributed by atoms with Crippen molar-refractivity contribution >= 4 is 17.8 Å². The number of imidazole rings is 1. The number of anilines is 1. The third-order valence-corrected chi connectivity index (χ3v) is 5.69. The summed E-state index contributed by atoms with van der Waals surface area (Å²) >= 11 is 0. The van der Waals surface area contributed by atoms with E-state index in [1.807, 2.05) is 52.9 Å². The summed E-state index contributed by atoms with van der Waals surface area (Å²) in [6.07, 6.45) is 5.16. The van der Waals surface area contributed by atoms with Crippen molar-refractivity contribution in [2.75, 3.05) is 18.4 Å². The average molecular weight is 403 g/mol. The maximum Gasteiger partial charge on any atom is 0.259 e. The molecule has 4 rings (SSSR count). The molecule has 1 saturated heterocycles. The van der Waals surface area contributed by atoms with Crippen molar-refractivity contribution in [1.29, 1.82) is 0 Å². The number of carbonyl (C=O) groups excluding carboxylic acids is 2. The SMILES string of the molecule is CC(=O)N1CCC(c2ccc(C(=O)Nc3ncc(-c4ccccc4)n3C)cn2)CC1. The van der Waals surface area contributed by atoms with Crippen LogP contribution in [-0.4, -0.2) is 44.3 Å². The Balaban J connectivity index is 1.41. The van der Waals surface area contributed by atoms with Crippen molar-refractivity contribution in [1.82, 2.24) is 19.4 Å². The van der Waals surface area contributed by atoms with E-state index in [-0.39, 0.29) is 11.8 Å². The first-order valence-corrected chi connectivity index (χ1v) is 10.1. The second-order valence-electron chi connectivity index (χ2n) is 7.60. The Morgan fingerprint density at radius 2 is 1.73 bits per heavy atom. The minimum Gasteiger partial charge on any atom is -0.343 e. The Labute approximate surface area is 175 Å². The van der Waals surface area contributed by atoms with E-state index < -0.39 is 0 Å². The molecule has 0 bridgehead atoms. The lowest BCUT2D eigenvalue weighted by molar-refractivity contribution is -0.129. The van der Waals surface area contributed by atoms with Crippen LogP contribution in [0.15, 0.2) is 54.9 Å². The van der Waals surface area contributed by atoms with E-state index in [9.17, 15) is 9.59 Å². The molecule has 2 aromatic heterocycles. The van der Waals surface area contributed by atoms with Gasteiger partial charge < -0.3 is 9.47 Å². The van der Waals surface area contributed by atoms with Crippen LogP contribution in [0.25, 0.3) is 11.3 Å². The van der Waals surface area contributed by atoms with Gasteiger partial charge in [0, 0.05) is 44.9 Å². The molecule has 154 valence electrons. The molecular formula is C23H25N5O2. The maximum absolute atomic E-state index is 12.7. The van der Waals surface area contributed by atoms with Crippen molar-refractivity contribution in [3.8, 4) is 11.3 Å². The Morgan fingerprint density at radius 1 is 1.00 bits per heavy atom. The van der Waals surface area contributed by atoms with Crippen molar-refractivity contribution < 1.29 is 9.59 Å². The molecule has 3 heterocycles. The van der Waals surface area contributed by atoms with E-state index in [1.165, 1.54) is 0 Å². The van der Waals surface area contributed by atoms with Crippen LogP contribution in [0.5, 0.6) is 0 Å². The van der Waals surface area contributed by atoms with E-state index in [0.29, 0.717) is 17.4 Å². The number of pyridine rings is 1. The third-order valence-electron chi connectivity index (χ3n) is 5.69. The van der Waals surface area contributed by atoms with Gasteiger partial charge in [-0.05, 0) is 30.5 Å². The van der Waals surface area contributed by atoms with E-state index in [1.54, 1.807) is 25.4 Å². The fourth-order valence-corrected chi connectivity index (χ4v) is 3.85. The summed E-state index contributed by atoms with van der Waals surface area (Å²) in [5, 5.41) is 2.86. The lowest BCUT2D eigenvalue weighted by Gasteiger charge is -2.31. The fourth-order valence-electron chi connectivity index (χ4n) is 3.85. The number of likely N-dealkylation sites (tertiary alicyclic amines) is 1. The molecule has 1 aliphatic heterocycles. The van der Waals surface area contributed by atoms with Gasteiger partial charge >= 0.3 is 0 Å². The van der Waals surface area contributed by atoms with E-state index in [4.69, 9.17) is 0 Å². The number of hydrogen-bond donors (Lipinski definition) is 1. The van der Waals surface area contributed by atoms with Crippen molar-refractivity contribution in [2.24, 2.45) is 7.05 Å². The third kappa shape index (κ3) is 4.10. The van der Waals surface area contributed by atoms with Gasteiger partial charge in [-0.15, -0.1) is 0 Å². The molecule has 1 aromatic carbocycles. The average Bonchev–Trinajstić information content (AvgIpc) is 3.14. The first-order valence-electron chi connectivity index (χ1n) is 10.1. The van der Waals surface area contributed by atoms with Gasteiger partial charge in [0.1, 0.15) is 0 Å². The van der Waals surface area contributed by atoms with Gasteiger partial charge in [-0.3, -0.25) is 19.9 Å². The smallest absolute Gasteiger partial charge is 0.259 e. The van der Waals surface area contributed by atoms with Crippen LogP contribution < -0.4 is 5.32 Å². The summed E-state index contributed by atoms with van der Waals surface area (Å²) in [4.78, 5) is 34.9. The molecule has 1 aliphatic rings. The van der Waals surface area contributed by atoms with Crippen LogP contribution in [0, 0.1) is 0 Å². The zero-order chi connectivity index (χ0) is 21.1. The summed E-state index contributed by atoms with van der Waals surface area (Å²) < 4.78 is 1.86. The monoisotopic (exact) mass is 403 g/mol. The Kier molecular flexibility index (Phi) is 5.61. The molecule has 2 amide bonds. The van der Waals surface area contributed by atoms with Crippen LogP contribution in [0.1, 0.15) is 41.7 Å². The molecule has 30 heavy (non-hydrogen) atoms. The number of piperidine rings is 1. The summed E-state index contributed by atoms with van der Waals surface area (Å²) in [6.45, 7) is 3.12. The van der Waals surface area contributed by atoms with Gasteiger partial charge in [-0.1, -0.05) is 30.3 Å². The highest BCUT2D eigenvalue weighted by molar-refractivity contribution is 6.03. The lowest BCUT2D eigenvalue weighted by atomic mass is 9.93. The topological polar surface area (TPSA) is 80.1 Å². The Hall–Kier alpha value is -3.48. The van der Waals surface area contributed by atoms with Gasteiger partial charge in [0.15, 0.2) is 0 Å². The summed E-state index contributed by atoms with van der Waals surface area (Å²) in [6, 6.07) is 13.6. The van der Waals surface area contributed by atoms with Crippen molar-refractivity contribution in [3.05, 3.63) is 66.1 Å². The van der Waals surface area contributed by atoms with E-state index in [2.05, 4.69) is 15.3 Å². The Morgan fingerprint density at radius 3 is 2.37 bits per heavy atom. The van der Waals surface area contributed by atoms with Crippen LogP contribution in [0.3, 0.4) is 0 Å². The quantitative estimate of drug-likeness (QED) is 0.723. The van der Waals surface area contributed by atoms with Gasteiger partial charge in [-0.25, -0.2) is 4.98 Å². The molecule has 0 unspecified atom stereocenters. The highest BCUT2D eigenvalue weighted by Crippen LogP contribution is 2.27. The minimum absolute atomic E-state index is 0.123. The largest absolute Gasteiger partial charge is 0.343 e. The first-order chi connectivity index (χ1) is 14.5. The first kappa shape index (κ1) is 19.8. The lowest BCUT2D eigenvalue weighted by Crippen LogP contribution is -2.36. The number of hydrogen-bond acceptors (Lipinski definition) is 4. The molecule has 0 spiro atoms. The number of nitrogens with one attached hydrogen (secondary N) is 1. The summed E-state index contributed by atoms with van der Waals surface area (Å²) in [5.41, 5.74) is 3.42. The van der Waals surface area contributed by atoms with Crippen molar-refractivity contribution in [3.63, 3.8) is 0 Å². The summed E-state index contributed by atoms with van der Waals surface area (Å²) in [7, 11) is 1.87. The zero-order valence-electron chi connectivity index (χ0n) is 17.2. The molecule has 7 nitrogen and oxygen atoms in total. The predicted octanol–water partition coefficient (Wildman–Crippen LogP) is 3.46. The number of carbonyl (C=O) groups is 2. The molecular weight excluding hydrogens is 378 g/mol. The normalized spacial score (nSPS) is 14.5. The van der Waals surface area contributed by atoms with Crippen LogP contribution >= 0.6 is 0 Å². The zero-order valence-corrected chi connectivity index (χ0v) is 17.2. The predicted molar refractivity (Wildman–Crippen MR) is 115 cm³/mol. The molecule has 0 aliphatic carbocycles. The molecule has 1 N–H and O–H groups in total. The Bertz CT molecular complexity index is 1040. The molecule has 7 heteroatoms. The molecule has 0 radical (unpaired) electrons. The van der Waals surface area contributed by atoms with E-state index >= 15 is 0 Å². The number of amides is 2. The highest BCUT2D eigenvalue weighted by Gasteiger charge is 2.23. The number of nitrogens with zero attached hydrogens (tertiary/aromatic N) is 4. The highest BCUT2D eigenvalue weighted by atomic mass is 16.2. The second-order valence-corrected chi connectivity index (χ2v) is 7.60. The summed E-state index contributed by atoms with van der Waals surface area (Å²) in [5.74, 6) is 0.687. The van der Waals surface area contributed by atoms with Gasteiger partial charge in [0.05, 0.1) is 17.5 Å². The molecule has 0 atom stereocenters. The fraction of sp³-hybridized carbons (Fsp3) is 0.304. The minimum atomic E-state index is -0.242. The second kappa shape index (κ2) is 8.49. The van der Waals surface area contributed by atoms with Gasteiger partial charge in [0.2, 0.25) is 11.9 Å². The molecule has 1 fully saturated rings. The van der Waals surface area contributed by atoms with Crippen LogP contribution in [-0.2, 0) is 11.8 Å². The van der Waals surface area contributed by atoms with Crippen LogP contribution in [0.2, 0.25) is 0 Å².